The number of rotatable bonds is 5. The summed E-state index contributed by atoms with van der Waals surface area (Å²) in [6.45, 7) is 4.11. The summed E-state index contributed by atoms with van der Waals surface area (Å²) in [5, 5.41) is 3.11. The van der Waals surface area contributed by atoms with Gasteiger partial charge in [-0.15, -0.1) is 0 Å². The van der Waals surface area contributed by atoms with Crippen molar-refractivity contribution in [2.24, 2.45) is 0 Å². The largest absolute Gasteiger partial charge is 0.497 e. The first-order valence-corrected chi connectivity index (χ1v) is 8.13. The minimum Gasteiger partial charge on any atom is -0.497 e. The molecular weight excluding hydrogens is 316 g/mol. The first-order chi connectivity index (χ1) is 12.0. The molecule has 0 unspecified atom stereocenters. The van der Waals surface area contributed by atoms with Crippen LogP contribution in [0.4, 0.5) is 5.69 Å². The minimum atomic E-state index is -0.307. The molecule has 0 radical (unpaired) electrons. The number of amides is 2. The second-order valence-corrected chi connectivity index (χ2v) is 5.82. The van der Waals surface area contributed by atoms with Crippen molar-refractivity contribution in [1.82, 2.24) is 4.90 Å². The van der Waals surface area contributed by atoms with Crippen molar-refractivity contribution in [2.75, 3.05) is 19.0 Å². The number of benzene rings is 2. The van der Waals surface area contributed by atoms with Crippen molar-refractivity contribution in [3.63, 3.8) is 0 Å². The van der Waals surface area contributed by atoms with Crippen LogP contribution in [0.3, 0.4) is 0 Å². The Hall–Kier alpha value is -3.08. The number of imide groups is 1. The van der Waals surface area contributed by atoms with Crippen molar-refractivity contribution in [3.05, 3.63) is 65.4 Å². The van der Waals surface area contributed by atoms with Crippen LogP contribution in [-0.2, 0) is 9.59 Å². The van der Waals surface area contributed by atoms with E-state index in [2.05, 4.69) is 5.32 Å². The molecule has 1 aliphatic heterocycles. The third-order valence-electron chi connectivity index (χ3n) is 4.18. The highest BCUT2D eigenvalue weighted by Gasteiger charge is 2.38. The summed E-state index contributed by atoms with van der Waals surface area (Å²) in [6, 6.07) is 14.8. The van der Waals surface area contributed by atoms with Crippen LogP contribution in [0.5, 0.6) is 5.75 Å². The summed E-state index contributed by atoms with van der Waals surface area (Å²) >= 11 is 0. The van der Waals surface area contributed by atoms with Crippen molar-refractivity contribution >= 4 is 23.1 Å². The van der Waals surface area contributed by atoms with E-state index in [1.54, 1.807) is 26.2 Å². The summed E-state index contributed by atoms with van der Waals surface area (Å²) in [5.41, 5.74) is 3.26. The van der Waals surface area contributed by atoms with Gasteiger partial charge in [0.1, 0.15) is 11.4 Å². The molecule has 0 fully saturated rings. The van der Waals surface area contributed by atoms with E-state index in [0.717, 1.165) is 22.6 Å². The number of hydrogen-bond acceptors (Lipinski definition) is 4. The lowest BCUT2D eigenvalue weighted by molar-refractivity contribution is -0.136. The molecule has 0 spiro atoms. The van der Waals surface area contributed by atoms with Crippen LogP contribution in [-0.4, -0.2) is 30.4 Å². The summed E-state index contributed by atoms with van der Waals surface area (Å²) in [4.78, 5) is 26.7. The third-order valence-corrected chi connectivity index (χ3v) is 4.18. The Bertz CT molecular complexity index is 836. The van der Waals surface area contributed by atoms with E-state index in [1.807, 2.05) is 43.3 Å². The fraction of sp³-hybridized carbons (Fsp3) is 0.200. The lowest BCUT2D eigenvalue weighted by atomic mass is 10.0. The minimum absolute atomic E-state index is 0.271. The standard InChI is InChI=1S/C20H20N2O3/c1-4-22-19(23)17(14-7-5-13(2)6-8-14)18(20(22)24)21-15-9-11-16(25-3)12-10-15/h5-12,21H,4H2,1-3H3. The molecule has 0 bridgehead atoms. The Kier molecular flexibility index (Phi) is 4.57. The molecule has 2 aromatic carbocycles. The topological polar surface area (TPSA) is 58.6 Å². The SMILES string of the molecule is CCN1C(=O)C(Nc2ccc(OC)cc2)=C(c2ccc(C)cc2)C1=O. The highest BCUT2D eigenvalue weighted by atomic mass is 16.5. The molecule has 0 saturated heterocycles. The van der Waals surface area contributed by atoms with Crippen molar-refractivity contribution in [1.29, 1.82) is 0 Å². The molecule has 128 valence electrons. The monoisotopic (exact) mass is 336 g/mol. The zero-order valence-electron chi connectivity index (χ0n) is 14.5. The van der Waals surface area contributed by atoms with Crippen LogP contribution < -0.4 is 10.1 Å². The third kappa shape index (κ3) is 3.13. The molecule has 1 aliphatic rings. The van der Waals surface area contributed by atoms with Crippen molar-refractivity contribution in [2.45, 2.75) is 13.8 Å². The first kappa shape index (κ1) is 16.8. The lowest BCUT2D eigenvalue weighted by Gasteiger charge is -2.12. The van der Waals surface area contributed by atoms with Gasteiger partial charge in [-0.1, -0.05) is 29.8 Å². The second-order valence-electron chi connectivity index (χ2n) is 5.82. The number of carbonyl (C=O) groups is 2. The fourth-order valence-electron chi connectivity index (χ4n) is 2.79. The molecule has 1 heterocycles. The first-order valence-electron chi connectivity index (χ1n) is 8.13. The quantitative estimate of drug-likeness (QED) is 0.852. The number of nitrogens with one attached hydrogen (secondary N) is 1. The molecule has 2 amide bonds. The molecule has 0 atom stereocenters. The van der Waals surface area contributed by atoms with Gasteiger partial charge in [0.25, 0.3) is 11.8 Å². The number of carbonyl (C=O) groups excluding carboxylic acids is 2. The van der Waals surface area contributed by atoms with Crippen molar-refractivity contribution < 1.29 is 14.3 Å². The molecule has 5 nitrogen and oxygen atoms in total. The molecule has 1 N–H and O–H groups in total. The zero-order valence-corrected chi connectivity index (χ0v) is 14.5. The predicted molar refractivity (Wildman–Crippen MR) is 97.1 cm³/mol. The normalized spacial score (nSPS) is 14.3. The van der Waals surface area contributed by atoms with Gasteiger partial charge < -0.3 is 10.1 Å². The number of methoxy groups -OCH3 is 1. The van der Waals surface area contributed by atoms with Gasteiger partial charge in [-0.05, 0) is 43.7 Å². The number of nitrogens with zero attached hydrogens (tertiary/aromatic N) is 1. The molecule has 5 heteroatoms. The number of likely N-dealkylation sites (N-methyl/N-ethyl adjacent to an activating group) is 1. The maximum atomic E-state index is 12.7. The highest BCUT2D eigenvalue weighted by molar-refractivity contribution is 6.36. The molecule has 0 aliphatic carbocycles. The molecule has 3 rings (SSSR count). The van der Waals surface area contributed by atoms with Gasteiger partial charge in [0, 0.05) is 12.2 Å². The van der Waals surface area contributed by atoms with E-state index >= 15 is 0 Å². The van der Waals surface area contributed by atoms with Gasteiger partial charge in [-0.2, -0.15) is 0 Å². The smallest absolute Gasteiger partial charge is 0.278 e. The summed E-state index contributed by atoms with van der Waals surface area (Å²) in [5.74, 6) is 0.147. The van der Waals surface area contributed by atoms with Crippen LogP contribution in [0.2, 0.25) is 0 Å². The number of anilines is 1. The maximum Gasteiger partial charge on any atom is 0.278 e. The Labute approximate surface area is 146 Å². The van der Waals surface area contributed by atoms with Crippen LogP contribution in [0.1, 0.15) is 18.1 Å². The van der Waals surface area contributed by atoms with E-state index < -0.39 is 0 Å². The number of aryl methyl sites for hydroxylation is 1. The van der Waals surface area contributed by atoms with E-state index in [9.17, 15) is 9.59 Å². The van der Waals surface area contributed by atoms with Gasteiger partial charge in [0.05, 0.1) is 12.7 Å². The van der Waals surface area contributed by atoms with Gasteiger partial charge >= 0.3 is 0 Å². The molecular formula is C20H20N2O3. The highest BCUT2D eigenvalue weighted by Crippen LogP contribution is 2.30. The van der Waals surface area contributed by atoms with Crippen molar-refractivity contribution in [3.8, 4) is 5.75 Å². The van der Waals surface area contributed by atoms with Gasteiger partial charge in [-0.25, -0.2) is 0 Å². The average molecular weight is 336 g/mol. The molecule has 25 heavy (non-hydrogen) atoms. The maximum absolute atomic E-state index is 12.7. The fourth-order valence-corrected chi connectivity index (χ4v) is 2.79. The second kappa shape index (κ2) is 6.81. The summed E-state index contributed by atoms with van der Waals surface area (Å²) < 4.78 is 5.14. The van der Waals surface area contributed by atoms with Gasteiger partial charge in [-0.3, -0.25) is 14.5 Å². The molecule has 2 aromatic rings. The Balaban J connectivity index is 2.03. The Morgan fingerprint density at radius 1 is 0.960 bits per heavy atom. The lowest BCUT2D eigenvalue weighted by Crippen LogP contribution is -2.32. The van der Waals surface area contributed by atoms with Crippen LogP contribution in [0.25, 0.3) is 5.57 Å². The number of ether oxygens (including phenoxy) is 1. The predicted octanol–water partition coefficient (Wildman–Crippen LogP) is 3.22. The van der Waals surface area contributed by atoms with E-state index in [1.165, 1.54) is 4.90 Å². The van der Waals surface area contributed by atoms with E-state index in [-0.39, 0.29) is 11.8 Å². The number of hydrogen-bond donors (Lipinski definition) is 1. The van der Waals surface area contributed by atoms with Crippen LogP contribution >= 0.6 is 0 Å². The summed E-state index contributed by atoms with van der Waals surface area (Å²) in [6.07, 6.45) is 0. The zero-order chi connectivity index (χ0) is 18.0. The van der Waals surface area contributed by atoms with Gasteiger partial charge in [0.15, 0.2) is 0 Å². The molecule has 0 aromatic heterocycles. The van der Waals surface area contributed by atoms with Crippen LogP contribution in [0, 0.1) is 6.92 Å². The molecule has 0 saturated carbocycles. The van der Waals surface area contributed by atoms with Gasteiger partial charge in [0.2, 0.25) is 0 Å². The van der Waals surface area contributed by atoms with Crippen LogP contribution in [0.15, 0.2) is 54.2 Å². The Morgan fingerprint density at radius 2 is 1.60 bits per heavy atom. The Morgan fingerprint density at radius 3 is 2.16 bits per heavy atom. The average Bonchev–Trinajstić information content (AvgIpc) is 2.86. The van der Waals surface area contributed by atoms with E-state index in [4.69, 9.17) is 4.74 Å². The van der Waals surface area contributed by atoms with E-state index in [0.29, 0.717) is 17.8 Å². The summed E-state index contributed by atoms with van der Waals surface area (Å²) in [7, 11) is 1.60.